The molecular formula is C24H33N6O3P. The number of anilines is 1. The minimum atomic E-state index is -0.594. The van der Waals surface area contributed by atoms with Gasteiger partial charge in [0.15, 0.2) is 5.78 Å². The number of aromatic nitrogens is 4. The number of Topliss-reactive ketones (excluding diaryl/α,β-unsaturated/α-hetero) is 1. The van der Waals surface area contributed by atoms with E-state index < -0.39 is 11.2 Å². The molecule has 1 aromatic carbocycles. The van der Waals surface area contributed by atoms with Gasteiger partial charge in [0.2, 0.25) is 0 Å². The molecule has 1 aliphatic heterocycles. The van der Waals surface area contributed by atoms with Crippen LogP contribution in [0.3, 0.4) is 0 Å². The fourth-order valence-corrected chi connectivity index (χ4v) is 4.13. The van der Waals surface area contributed by atoms with E-state index in [2.05, 4.69) is 14.2 Å². The molecule has 10 heteroatoms. The first-order valence-electron chi connectivity index (χ1n) is 11.5. The molecule has 0 saturated carbocycles. The lowest BCUT2D eigenvalue weighted by Gasteiger charge is -2.26. The number of nitrogens with zero attached hydrogens (tertiary/aromatic N) is 5. The Labute approximate surface area is 201 Å². The van der Waals surface area contributed by atoms with Gasteiger partial charge in [0.25, 0.3) is 5.56 Å². The Morgan fingerprint density at radius 3 is 2.29 bits per heavy atom. The van der Waals surface area contributed by atoms with Gasteiger partial charge in [-0.05, 0) is 43.7 Å². The molecule has 3 aromatic rings. The summed E-state index contributed by atoms with van der Waals surface area (Å²) in [6.07, 6.45) is 8.65. The molecule has 1 saturated heterocycles. The molecule has 1 atom stereocenters. The fraction of sp³-hybridized carbons (Fsp3) is 0.417. The summed E-state index contributed by atoms with van der Waals surface area (Å²) in [6, 6.07) is 7.62. The van der Waals surface area contributed by atoms with Crippen molar-refractivity contribution in [3.63, 3.8) is 0 Å². The van der Waals surface area contributed by atoms with Crippen LogP contribution in [0.2, 0.25) is 0 Å². The maximum atomic E-state index is 12.9. The number of likely N-dealkylation sites (tertiary alicyclic amines) is 1. The summed E-state index contributed by atoms with van der Waals surface area (Å²) in [5, 5.41) is 1.03. The first-order valence-corrected chi connectivity index (χ1v) is 12.0. The third kappa shape index (κ3) is 6.30. The molecule has 1 fully saturated rings. The SMILES string of the molecule is CCn1c(=O)c(C(=O)CN2CCCCC2)c(N)n(Cc2ccc(P)cc2)c1=O.Cn1ccnc1. The number of nitrogen functional groups attached to an aromatic ring is 1. The van der Waals surface area contributed by atoms with Gasteiger partial charge in [-0.1, -0.05) is 30.7 Å². The minimum absolute atomic E-state index is 0.0448. The lowest BCUT2D eigenvalue weighted by Crippen LogP contribution is -2.45. The zero-order chi connectivity index (χ0) is 24.7. The normalized spacial score (nSPS) is 13.9. The summed E-state index contributed by atoms with van der Waals surface area (Å²) in [7, 11) is 4.54. The Balaban J connectivity index is 0.000000469. The number of rotatable bonds is 6. The molecule has 2 aromatic heterocycles. The summed E-state index contributed by atoms with van der Waals surface area (Å²) in [5.74, 6) is -0.364. The lowest BCUT2D eigenvalue weighted by atomic mass is 10.1. The van der Waals surface area contributed by atoms with E-state index in [0.717, 1.165) is 47.8 Å². The van der Waals surface area contributed by atoms with Crippen LogP contribution < -0.4 is 22.3 Å². The van der Waals surface area contributed by atoms with E-state index in [-0.39, 0.29) is 36.8 Å². The molecule has 0 radical (unpaired) electrons. The van der Waals surface area contributed by atoms with Crippen molar-refractivity contribution in [3.05, 3.63) is 75.0 Å². The summed E-state index contributed by atoms with van der Waals surface area (Å²) in [5.41, 5.74) is 5.91. The number of imidazole rings is 1. The van der Waals surface area contributed by atoms with Crippen LogP contribution in [0.15, 0.2) is 52.6 Å². The van der Waals surface area contributed by atoms with E-state index in [1.807, 2.05) is 47.0 Å². The highest BCUT2D eigenvalue weighted by atomic mass is 31.0. The Kier molecular flexibility index (Phi) is 8.96. The number of nitrogens with two attached hydrogens (primary N) is 1. The van der Waals surface area contributed by atoms with E-state index in [9.17, 15) is 14.4 Å². The monoisotopic (exact) mass is 484 g/mol. The topological polar surface area (TPSA) is 108 Å². The molecule has 0 aliphatic carbocycles. The molecule has 3 heterocycles. The van der Waals surface area contributed by atoms with Crippen molar-refractivity contribution in [2.24, 2.45) is 7.05 Å². The highest BCUT2D eigenvalue weighted by Crippen LogP contribution is 2.13. The van der Waals surface area contributed by atoms with Crippen LogP contribution in [0.25, 0.3) is 0 Å². The van der Waals surface area contributed by atoms with Gasteiger partial charge in [0.1, 0.15) is 11.4 Å². The highest BCUT2D eigenvalue weighted by molar-refractivity contribution is 7.27. The van der Waals surface area contributed by atoms with Gasteiger partial charge in [-0.3, -0.25) is 23.6 Å². The number of ketones is 1. The average Bonchev–Trinajstić information content (AvgIpc) is 3.30. The molecule has 0 spiro atoms. The van der Waals surface area contributed by atoms with Gasteiger partial charge < -0.3 is 10.3 Å². The molecular weight excluding hydrogens is 451 g/mol. The molecule has 1 unspecified atom stereocenters. The van der Waals surface area contributed by atoms with E-state index >= 15 is 0 Å². The van der Waals surface area contributed by atoms with Crippen molar-refractivity contribution >= 4 is 26.1 Å². The molecule has 182 valence electrons. The first kappa shape index (κ1) is 25.6. The smallest absolute Gasteiger partial charge is 0.332 e. The maximum Gasteiger partial charge on any atom is 0.332 e. The maximum absolute atomic E-state index is 12.9. The Bertz CT molecular complexity index is 1210. The van der Waals surface area contributed by atoms with Crippen molar-refractivity contribution in [2.45, 2.75) is 39.3 Å². The highest BCUT2D eigenvalue weighted by Gasteiger charge is 2.24. The van der Waals surface area contributed by atoms with E-state index in [4.69, 9.17) is 5.73 Å². The number of benzene rings is 1. The molecule has 34 heavy (non-hydrogen) atoms. The number of hydrogen-bond acceptors (Lipinski definition) is 6. The summed E-state index contributed by atoms with van der Waals surface area (Å²) < 4.78 is 4.30. The van der Waals surface area contributed by atoms with Crippen molar-refractivity contribution in [1.29, 1.82) is 0 Å². The first-order chi connectivity index (χ1) is 16.3. The van der Waals surface area contributed by atoms with E-state index in [0.29, 0.717) is 0 Å². The van der Waals surface area contributed by atoms with Gasteiger partial charge >= 0.3 is 5.69 Å². The van der Waals surface area contributed by atoms with Crippen LogP contribution >= 0.6 is 9.24 Å². The van der Waals surface area contributed by atoms with E-state index in [1.54, 1.807) is 19.4 Å². The Morgan fingerprint density at radius 1 is 1.09 bits per heavy atom. The van der Waals surface area contributed by atoms with Gasteiger partial charge in [-0.25, -0.2) is 9.78 Å². The van der Waals surface area contributed by atoms with Crippen LogP contribution in [0.4, 0.5) is 5.82 Å². The number of aryl methyl sites for hydroxylation is 1. The molecule has 9 nitrogen and oxygen atoms in total. The van der Waals surface area contributed by atoms with Gasteiger partial charge in [-0.2, -0.15) is 0 Å². The van der Waals surface area contributed by atoms with Gasteiger partial charge in [-0.15, -0.1) is 9.24 Å². The minimum Gasteiger partial charge on any atom is -0.384 e. The average molecular weight is 485 g/mol. The zero-order valence-corrected chi connectivity index (χ0v) is 21.0. The summed E-state index contributed by atoms with van der Waals surface area (Å²) >= 11 is 0. The number of carbonyl (C=O) groups is 1. The largest absolute Gasteiger partial charge is 0.384 e. The lowest BCUT2D eigenvalue weighted by molar-refractivity contribution is 0.0913. The molecule has 1 aliphatic rings. The second-order valence-electron chi connectivity index (χ2n) is 8.41. The third-order valence-corrected chi connectivity index (χ3v) is 6.22. The van der Waals surface area contributed by atoms with Crippen LogP contribution in [0, 0.1) is 0 Å². The molecule has 0 amide bonds. The van der Waals surface area contributed by atoms with Crippen LogP contribution in [-0.2, 0) is 20.1 Å². The third-order valence-electron chi connectivity index (χ3n) is 5.84. The van der Waals surface area contributed by atoms with Crippen LogP contribution in [0.1, 0.15) is 42.1 Å². The van der Waals surface area contributed by atoms with E-state index in [1.165, 1.54) is 4.57 Å². The van der Waals surface area contributed by atoms with Crippen molar-refractivity contribution in [3.8, 4) is 0 Å². The van der Waals surface area contributed by atoms with Gasteiger partial charge in [0.05, 0.1) is 19.4 Å². The second kappa shape index (κ2) is 11.9. The van der Waals surface area contributed by atoms with Gasteiger partial charge in [0, 0.05) is 26.0 Å². The summed E-state index contributed by atoms with van der Waals surface area (Å²) in [6.45, 7) is 3.95. The Morgan fingerprint density at radius 2 is 1.76 bits per heavy atom. The Hall–Kier alpha value is -3.03. The van der Waals surface area contributed by atoms with Crippen molar-refractivity contribution in [2.75, 3.05) is 25.4 Å². The standard InChI is InChI=1S/C20H27N4O3P.C4H6N2/c1-2-23-19(26)17(16(25)13-22-10-4-3-5-11-22)18(21)24(20(23)27)12-14-6-8-15(28)9-7-14;1-6-3-2-5-4-6/h6-9H,2-5,10-13,21,28H2,1H3;2-4H,1H3. The molecule has 4 rings (SSSR count). The zero-order valence-electron chi connectivity index (χ0n) is 19.8. The fourth-order valence-electron chi connectivity index (χ4n) is 3.94. The number of hydrogen-bond donors (Lipinski definition) is 1. The van der Waals surface area contributed by atoms with Crippen LogP contribution in [0.5, 0.6) is 0 Å². The quantitative estimate of drug-likeness (QED) is 0.417. The molecule has 2 N–H and O–H groups in total. The predicted molar refractivity (Wildman–Crippen MR) is 138 cm³/mol. The molecule has 0 bridgehead atoms. The summed E-state index contributed by atoms with van der Waals surface area (Å²) in [4.78, 5) is 44.4. The van der Waals surface area contributed by atoms with Crippen molar-refractivity contribution in [1.82, 2.24) is 23.6 Å². The van der Waals surface area contributed by atoms with Crippen LogP contribution in [-0.4, -0.2) is 49.0 Å². The predicted octanol–water partition coefficient (Wildman–Crippen LogP) is 1.25. The van der Waals surface area contributed by atoms with Crippen molar-refractivity contribution < 1.29 is 4.79 Å². The number of piperidine rings is 1. The number of carbonyl (C=O) groups excluding carboxylic acids is 1. The second-order valence-corrected chi connectivity index (χ2v) is 9.07.